The van der Waals surface area contributed by atoms with Crippen molar-refractivity contribution in [2.45, 2.75) is 6.42 Å². The fraction of sp³-hybridized carbons (Fsp3) is 0.176. The van der Waals surface area contributed by atoms with Crippen LogP contribution in [0.1, 0.15) is 5.56 Å². The SMILES string of the molecule is O=C(NCCc1ccc2c(c1)OCO2)C(=O)Nc1cccc(F)c1F. The summed E-state index contributed by atoms with van der Waals surface area (Å²) < 4.78 is 37.0. The van der Waals surface area contributed by atoms with Gasteiger partial charge in [-0.25, -0.2) is 8.78 Å². The van der Waals surface area contributed by atoms with Crippen LogP contribution in [0.2, 0.25) is 0 Å². The highest BCUT2D eigenvalue weighted by atomic mass is 19.2. The predicted octanol–water partition coefficient (Wildman–Crippen LogP) is 1.99. The van der Waals surface area contributed by atoms with E-state index in [1.807, 2.05) is 11.4 Å². The van der Waals surface area contributed by atoms with E-state index in [1.165, 1.54) is 6.07 Å². The Balaban J connectivity index is 1.50. The zero-order chi connectivity index (χ0) is 17.8. The van der Waals surface area contributed by atoms with Gasteiger partial charge >= 0.3 is 11.8 Å². The minimum absolute atomic E-state index is 0.173. The summed E-state index contributed by atoms with van der Waals surface area (Å²) in [5.74, 6) is -3.06. The zero-order valence-corrected chi connectivity index (χ0v) is 13.0. The molecule has 0 saturated carbocycles. The Morgan fingerprint density at radius 2 is 1.84 bits per heavy atom. The first-order chi connectivity index (χ1) is 12.0. The summed E-state index contributed by atoms with van der Waals surface area (Å²) >= 11 is 0. The summed E-state index contributed by atoms with van der Waals surface area (Å²) in [5, 5.41) is 4.44. The summed E-state index contributed by atoms with van der Waals surface area (Å²) in [6, 6.07) is 8.68. The number of nitrogens with one attached hydrogen (secondary N) is 2. The first-order valence-electron chi connectivity index (χ1n) is 7.46. The molecule has 0 atom stereocenters. The van der Waals surface area contributed by atoms with Crippen LogP contribution in [0.3, 0.4) is 0 Å². The fourth-order valence-electron chi connectivity index (χ4n) is 2.28. The second-order valence-corrected chi connectivity index (χ2v) is 5.25. The smallest absolute Gasteiger partial charge is 0.313 e. The number of benzene rings is 2. The Morgan fingerprint density at radius 3 is 2.68 bits per heavy atom. The molecule has 2 N–H and O–H groups in total. The van der Waals surface area contributed by atoms with Crippen LogP contribution in [-0.4, -0.2) is 25.2 Å². The third-order valence-electron chi connectivity index (χ3n) is 3.54. The molecule has 25 heavy (non-hydrogen) atoms. The van der Waals surface area contributed by atoms with Crippen molar-refractivity contribution in [2.75, 3.05) is 18.7 Å². The van der Waals surface area contributed by atoms with Crippen LogP contribution >= 0.6 is 0 Å². The van der Waals surface area contributed by atoms with Crippen LogP contribution in [0.25, 0.3) is 0 Å². The molecule has 130 valence electrons. The van der Waals surface area contributed by atoms with Crippen LogP contribution in [0.15, 0.2) is 36.4 Å². The van der Waals surface area contributed by atoms with E-state index in [9.17, 15) is 18.4 Å². The summed E-state index contributed by atoms with van der Waals surface area (Å²) in [6.45, 7) is 0.365. The average Bonchev–Trinajstić information content (AvgIpc) is 3.06. The van der Waals surface area contributed by atoms with Crippen molar-refractivity contribution in [1.29, 1.82) is 0 Å². The lowest BCUT2D eigenvalue weighted by molar-refractivity contribution is -0.136. The standard InChI is InChI=1S/C17H14F2N2O4/c18-11-2-1-3-12(15(11)19)21-17(23)16(22)20-7-6-10-4-5-13-14(8-10)25-9-24-13/h1-5,8H,6-7,9H2,(H,20,22)(H,21,23). The molecule has 2 aromatic rings. The number of halogens is 2. The molecule has 3 rings (SSSR count). The van der Waals surface area contributed by atoms with Gasteiger partial charge in [0, 0.05) is 6.54 Å². The fourth-order valence-corrected chi connectivity index (χ4v) is 2.28. The molecule has 1 heterocycles. The van der Waals surface area contributed by atoms with Gasteiger partial charge in [-0.15, -0.1) is 0 Å². The molecular formula is C17H14F2N2O4. The van der Waals surface area contributed by atoms with Crippen molar-refractivity contribution < 1.29 is 27.8 Å². The van der Waals surface area contributed by atoms with Gasteiger partial charge in [0.25, 0.3) is 0 Å². The molecule has 8 heteroatoms. The number of hydrogen-bond acceptors (Lipinski definition) is 4. The normalized spacial score (nSPS) is 11.9. The number of ether oxygens (including phenoxy) is 2. The molecule has 6 nitrogen and oxygen atoms in total. The van der Waals surface area contributed by atoms with Crippen molar-refractivity contribution in [3.63, 3.8) is 0 Å². The Morgan fingerprint density at radius 1 is 1.04 bits per heavy atom. The van der Waals surface area contributed by atoms with E-state index in [2.05, 4.69) is 5.32 Å². The number of carbonyl (C=O) groups excluding carboxylic acids is 2. The van der Waals surface area contributed by atoms with Crippen molar-refractivity contribution in [2.24, 2.45) is 0 Å². The summed E-state index contributed by atoms with van der Waals surface area (Å²) in [7, 11) is 0. The van der Waals surface area contributed by atoms with E-state index in [1.54, 1.807) is 12.1 Å². The van der Waals surface area contributed by atoms with Crippen molar-refractivity contribution in [3.05, 3.63) is 53.6 Å². The minimum Gasteiger partial charge on any atom is -0.454 e. The topological polar surface area (TPSA) is 76.7 Å². The number of amides is 2. The molecule has 0 bridgehead atoms. The number of carbonyl (C=O) groups is 2. The van der Waals surface area contributed by atoms with Gasteiger partial charge < -0.3 is 20.1 Å². The Labute approximate surface area is 141 Å². The van der Waals surface area contributed by atoms with Gasteiger partial charge in [0.1, 0.15) is 0 Å². The second kappa shape index (κ2) is 7.16. The van der Waals surface area contributed by atoms with E-state index in [-0.39, 0.29) is 13.3 Å². The maximum atomic E-state index is 13.5. The van der Waals surface area contributed by atoms with Gasteiger partial charge in [-0.2, -0.15) is 0 Å². The third-order valence-corrected chi connectivity index (χ3v) is 3.54. The highest BCUT2D eigenvalue weighted by Gasteiger charge is 2.17. The van der Waals surface area contributed by atoms with Gasteiger partial charge in [-0.05, 0) is 36.2 Å². The zero-order valence-electron chi connectivity index (χ0n) is 13.0. The molecule has 0 fully saturated rings. The quantitative estimate of drug-likeness (QED) is 0.829. The van der Waals surface area contributed by atoms with E-state index in [0.717, 1.165) is 17.7 Å². The average molecular weight is 348 g/mol. The highest BCUT2D eigenvalue weighted by molar-refractivity contribution is 6.39. The van der Waals surface area contributed by atoms with Gasteiger partial charge in [0.15, 0.2) is 23.1 Å². The second-order valence-electron chi connectivity index (χ2n) is 5.25. The third kappa shape index (κ3) is 3.85. The molecule has 0 saturated heterocycles. The molecule has 0 radical (unpaired) electrons. The molecule has 1 aliphatic rings. The minimum atomic E-state index is -1.22. The highest BCUT2D eigenvalue weighted by Crippen LogP contribution is 2.32. The summed E-state index contributed by atoms with van der Waals surface area (Å²) in [4.78, 5) is 23.5. The van der Waals surface area contributed by atoms with Crippen molar-refractivity contribution in [1.82, 2.24) is 5.32 Å². The van der Waals surface area contributed by atoms with E-state index >= 15 is 0 Å². The van der Waals surface area contributed by atoms with Crippen LogP contribution in [0.4, 0.5) is 14.5 Å². The van der Waals surface area contributed by atoms with E-state index in [4.69, 9.17) is 9.47 Å². The van der Waals surface area contributed by atoms with Gasteiger partial charge in [-0.1, -0.05) is 12.1 Å². The largest absolute Gasteiger partial charge is 0.454 e. The van der Waals surface area contributed by atoms with Crippen LogP contribution in [0, 0.1) is 11.6 Å². The number of anilines is 1. The number of rotatable bonds is 4. The molecule has 0 aromatic heterocycles. The number of hydrogen-bond donors (Lipinski definition) is 2. The van der Waals surface area contributed by atoms with Crippen molar-refractivity contribution in [3.8, 4) is 11.5 Å². The van der Waals surface area contributed by atoms with Gasteiger partial charge in [0.05, 0.1) is 5.69 Å². The lowest BCUT2D eigenvalue weighted by Crippen LogP contribution is -2.36. The first kappa shape index (κ1) is 16.7. The van der Waals surface area contributed by atoms with Gasteiger partial charge in [0.2, 0.25) is 6.79 Å². The molecule has 0 aliphatic carbocycles. The predicted molar refractivity (Wildman–Crippen MR) is 84.3 cm³/mol. The molecule has 0 spiro atoms. The Hall–Kier alpha value is -3.16. The Kier molecular flexibility index (Phi) is 4.78. The van der Waals surface area contributed by atoms with E-state index in [0.29, 0.717) is 17.9 Å². The lowest BCUT2D eigenvalue weighted by Gasteiger charge is -2.08. The molecular weight excluding hydrogens is 334 g/mol. The summed E-state index contributed by atoms with van der Waals surface area (Å²) in [5.41, 5.74) is 0.497. The summed E-state index contributed by atoms with van der Waals surface area (Å²) in [6.07, 6.45) is 0.462. The van der Waals surface area contributed by atoms with Crippen molar-refractivity contribution >= 4 is 17.5 Å². The molecule has 0 unspecified atom stereocenters. The first-order valence-corrected chi connectivity index (χ1v) is 7.46. The molecule has 2 aromatic carbocycles. The maximum Gasteiger partial charge on any atom is 0.313 e. The maximum absolute atomic E-state index is 13.5. The molecule has 1 aliphatic heterocycles. The molecule has 2 amide bonds. The van der Waals surface area contributed by atoms with Crippen LogP contribution < -0.4 is 20.1 Å². The van der Waals surface area contributed by atoms with Gasteiger partial charge in [-0.3, -0.25) is 9.59 Å². The monoisotopic (exact) mass is 348 g/mol. The Bertz CT molecular complexity index is 826. The van der Waals surface area contributed by atoms with E-state index < -0.39 is 29.1 Å². The van der Waals surface area contributed by atoms with Crippen LogP contribution in [-0.2, 0) is 16.0 Å². The number of fused-ring (bicyclic) bond motifs is 1. The van der Waals surface area contributed by atoms with Crippen LogP contribution in [0.5, 0.6) is 11.5 Å². The lowest BCUT2D eigenvalue weighted by atomic mass is 10.1.